The van der Waals surface area contributed by atoms with Gasteiger partial charge in [0.15, 0.2) is 6.29 Å². The number of hydrogen-bond donors (Lipinski definition) is 5. The monoisotopic (exact) mass is 221 g/mol. The van der Waals surface area contributed by atoms with Crippen molar-refractivity contribution in [2.45, 2.75) is 6.29 Å². The fraction of sp³-hybridized carbons (Fsp3) is 0.167. The molecule has 2 aromatic heterocycles. The average Bonchev–Trinajstić information content (AvgIpc) is 2.14. The summed E-state index contributed by atoms with van der Waals surface area (Å²) in [5, 5.41) is 5.72. The Labute approximate surface area is 88.9 Å². The average molecular weight is 221 g/mol. The van der Waals surface area contributed by atoms with Gasteiger partial charge in [-0.15, -0.1) is 19.9 Å². The molecule has 0 unspecified atom stereocenters. The number of hydrogen-bond acceptors (Lipinski definition) is 9. The van der Waals surface area contributed by atoms with Gasteiger partial charge in [-0.3, -0.25) is 16.4 Å². The summed E-state index contributed by atoms with van der Waals surface area (Å²) in [6.07, 6.45) is -0.521. The summed E-state index contributed by atoms with van der Waals surface area (Å²) in [6, 6.07) is 0. The Morgan fingerprint density at radius 2 is 1.44 bits per heavy atom. The van der Waals surface area contributed by atoms with E-state index in [0.29, 0.717) is 17.7 Å². The summed E-state index contributed by atoms with van der Waals surface area (Å²) in [5.41, 5.74) is 16.8. The smallest absolute Gasteiger partial charge is 0.337 e. The normalized spacial score (nSPS) is 14.6. The molecule has 1 aliphatic rings. The fourth-order valence-electron chi connectivity index (χ4n) is 1.49. The molecular formula is C6H9N10+. The summed E-state index contributed by atoms with van der Waals surface area (Å²) in [5.74, 6) is 1.31. The highest BCUT2D eigenvalue weighted by Crippen LogP contribution is 2.11. The van der Waals surface area contributed by atoms with Gasteiger partial charge in [0.25, 0.3) is 11.9 Å². The molecule has 2 aromatic rings. The lowest BCUT2D eigenvalue weighted by molar-refractivity contribution is -0.495. The van der Waals surface area contributed by atoms with Crippen molar-refractivity contribution in [2.75, 3.05) is 22.1 Å². The Kier molecular flexibility index (Phi) is 1.52. The van der Waals surface area contributed by atoms with E-state index < -0.39 is 6.29 Å². The zero-order chi connectivity index (χ0) is 11.3. The fourth-order valence-corrected chi connectivity index (χ4v) is 1.49. The minimum Gasteiger partial charge on any atom is -0.356 e. The van der Waals surface area contributed by atoms with Crippen LogP contribution in [0.1, 0.15) is 0 Å². The number of nitrogens with two attached hydrogens (primary N) is 3. The second-order valence-electron chi connectivity index (χ2n) is 3.21. The second kappa shape index (κ2) is 2.76. The van der Waals surface area contributed by atoms with Crippen LogP contribution in [0.3, 0.4) is 0 Å². The molecule has 0 atom stereocenters. The van der Waals surface area contributed by atoms with Crippen molar-refractivity contribution in [1.29, 1.82) is 0 Å². The summed E-state index contributed by atoms with van der Waals surface area (Å²) in [4.78, 5) is 15.9. The molecule has 0 fully saturated rings. The van der Waals surface area contributed by atoms with Crippen molar-refractivity contribution >= 4 is 29.6 Å². The number of rotatable bonds is 0. The Bertz CT molecular complexity index is 532. The molecule has 0 bridgehead atoms. The maximum Gasteiger partial charge on any atom is 0.337 e. The van der Waals surface area contributed by atoms with Crippen LogP contribution in [0.25, 0.3) is 5.78 Å². The number of nitrogens with zero attached hydrogens (tertiary/aromatic N) is 5. The van der Waals surface area contributed by atoms with E-state index in [1.807, 2.05) is 0 Å². The predicted octanol–water partition coefficient (Wildman–Crippen LogP) is -2.75. The minimum absolute atomic E-state index is 0.0839. The number of aromatic nitrogens is 5. The topological polar surface area (TPSA) is 158 Å². The quantitative estimate of drug-likeness (QED) is 0.297. The van der Waals surface area contributed by atoms with Crippen LogP contribution in [-0.4, -0.2) is 26.2 Å². The highest BCUT2D eigenvalue weighted by atomic mass is 15.4. The van der Waals surface area contributed by atoms with Gasteiger partial charge in [0, 0.05) is 0 Å². The van der Waals surface area contributed by atoms with Gasteiger partial charge >= 0.3 is 17.7 Å². The molecule has 0 saturated carbocycles. The van der Waals surface area contributed by atoms with Gasteiger partial charge in [0.05, 0.1) is 0 Å². The molecule has 0 amide bonds. The van der Waals surface area contributed by atoms with Crippen molar-refractivity contribution in [1.82, 2.24) is 19.9 Å². The van der Waals surface area contributed by atoms with Crippen LogP contribution in [0.5, 0.6) is 0 Å². The maximum atomic E-state index is 5.69. The van der Waals surface area contributed by atoms with Crippen LogP contribution in [0.4, 0.5) is 23.8 Å². The van der Waals surface area contributed by atoms with E-state index in [-0.39, 0.29) is 11.9 Å². The molecular weight excluding hydrogens is 212 g/mol. The zero-order valence-corrected chi connectivity index (χ0v) is 8.05. The lowest BCUT2D eigenvalue weighted by atomic mass is 10.6. The molecule has 10 nitrogen and oxygen atoms in total. The van der Waals surface area contributed by atoms with Crippen LogP contribution < -0.4 is 32.2 Å². The molecule has 8 N–H and O–H groups in total. The largest absolute Gasteiger partial charge is 0.356 e. The van der Waals surface area contributed by atoms with Gasteiger partial charge in [-0.1, -0.05) is 0 Å². The van der Waals surface area contributed by atoms with Crippen molar-refractivity contribution in [3.05, 3.63) is 0 Å². The molecule has 3 rings (SSSR count). The van der Waals surface area contributed by atoms with E-state index in [9.17, 15) is 0 Å². The number of nitrogen functional groups attached to an aromatic ring is 2. The lowest BCUT2D eigenvalue weighted by Crippen LogP contribution is -2.51. The van der Waals surface area contributed by atoms with Crippen molar-refractivity contribution < 1.29 is 4.40 Å². The second-order valence-corrected chi connectivity index (χ2v) is 3.21. The molecule has 0 radical (unpaired) electrons. The van der Waals surface area contributed by atoms with Crippen molar-refractivity contribution in [3.8, 4) is 0 Å². The minimum atomic E-state index is -0.521. The van der Waals surface area contributed by atoms with E-state index in [0.717, 1.165) is 0 Å². The Morgan fingerprint density at radius 3 is 1.94 bits per heavy atom. The van der Waals surface area contributed by atoms with Gasteiger partial charge in [0.2, 0.25) is 0 Å². The number of anilines is 4. The van der Waals surface area contributed by atoms with Crippen LogP contribution in [0.2, 0.25) is 0 Å². The molecule has 0 aliphatic carbocycles. The van der Waals surface area contributed by atoms with Gasteiger partial charge in [-0.25, -0.2) is 0 Å². The zero-order valence-electron chi connectivity index (χ0n) is 8.05. The molecule has 0 aromatic carbocycles. The first-order valence-electron chi connectivity index (χ1n) is 4.45. The van der Waals surface area contributed by atoms with Gasteiger partial charge in [0.1, 0.15) is 0 Å². The van der Waals surface area contributed by atoms with Crippen LogP contribution >= 0.6 is 0 Å². The summed E-state index contributed by atoms with van der Waals surface area (Å²) < 4.78 is 1.54. The van der Waals surface area contributed by atoms with Gasteiger partial charge in [-0.05, 0) is 0 Å². The lowest BCUT2D eigenvalue weighted by Gasteiger charge is -2.19. The standard InChI is InChI=1S/C6H8N10/c7-1-10-4-12-2(8)14-6-15-3(9)13-5(11-1)16(4)6/h1H,7H2,(H5,8,9,10,11,12,13,14,15)/p+1. The van der Waals surface area contributed by atoms with Crippen molar-refractivity contribution in [2.24, 2.45) is 5.73 Å². The van der Waals surface area contributed by atoms with E-state index >= 15 is 0 Å². The third kappa shape index (κ3) is 1.13. The SMILES string of the molecule is Nc1nc2[n+]3c(nc(N)nc3n1)NC(N)N2. The van der Waals surface area contributed by atoms with E-state index in [2.05, 4.69) is 30.6 Å². The molecule has 16 heavy (non-hydrogen) atoms. The number of nitrogens with one attached hydrogen (secondary N) is 2. The molecule has 0 spiro atoms. The third-order valence-corrected chi connectivity index (χ3v) is 2.06. The van der Waals surface area contributed by atoms with Crippen LogP contribution in [0, 0.1) is 0 Å². The van der Waals surface area contributed by atoms with E-state index in [4.69, 9.17) is 17.2 Å². The van der Waals surface area contributed by atoms with Crippen LogP contribution in [-0.2, 0) is 0 Å². The molecule has 10 heteroatoms. The molecule has 1 aliphatic heterocycles. The molecule has 0 saturated heterocycles. The highest BCUT2D eigenvalue weighted by molar-refractivity contribution is 5.44. The highest BCUT2D eigenvalue weighted by Gasteiger charge is 2.26. The molecule has 3 heterocycles. The van der Waals surface area contributed by atoms with E-state index in [1.165, 1.54) is 4.40 Å². The first-order valence-corrected chi connectivity index (χ1v) is 4.45. The predicted molar refractivity (Wildman–Crippen MR) is 54.8 cm³/mol. The summed E-state index contributed by atoms with van der Waals surface area (Å²) >= 11 is 0. The van der Waals surface area contributed by atoms with Crippen molar-refractivity contribution in [3.63, 3.8) is 0 Å². The summed E-state index contributed by atoms with van der Waals surface area (Å²) in [6.45, 7) is 0. The first-order chi connectivity index (χ1) is 7.63. The molecule has 82 valence electrons. The Hall–Kier alpha value is -2.49. The Morgan fingerprint density at radius 1 is 0.938 bits per heavy atom. The maximum absolute atomic E-state index is 5.69. The van der Waals surface area contributed by atoms with Gasteiger partial charge in [-0.2, -0.15) is 4.40 Å². The third-order valence-electron chi connectivity index (χ3n) is 2.06. The summed E-state index contributed by atoms with van der Waals surface area (Å²) in [7, 11) is 0. The first kappa shape index (κ1) is 8.79. The van der Waals surface area contributed by atoms with E-state index in [1.54, 1.807) is 0 Å². The van der Waals surface area contributed by atoms with Gasteiger partial charge < -0.3 is 11.5 Å². The van der Waals surface area contributed by atoms with Crippen LogP contribution in [0.15, 0.2) is 0 Å². The Balaban J connectivity index is 2.41.